The van der Waals surface area contributed by atoms with E-state index in [1.54, 1.807) is 12.1 Å². The van der Waals surface area contributed by atoms with Gasteiger partial charge in [-0.25, -0.2) is 4.79 Å². The van der Waals surface area contributed by atoms with Gasteiger partial charge in [0.05, 0.1) is 23.7 Å². The molecule has 0 aromatic heterocycles. The predicted octanol–water partition coefficient (Wildman–Crippen LogP) is -0.457. The molecule has 12 heteroatoms. The number of carbonyl (C=O) groups excluding carboxylic acids is 1. The number of fused-ring (bicyclic) bond motifs is 2. The maximum Gasteiger partial charge on any atom is 0.364 e. The molecule has 3 heterocycles. The van der Waals surface area contributed by atoms with Crippen molar-refractivity contribution in [3.8, 4) is 5.75 Å². The third-order valence-electron chi connectivity index (χ3n) is 5.69. The Morgan fingerprint density at radius 3 is 2.74 bits per heavy atom. The highest BCUT2D eigenvalue weighted by molar-refractivity contribution is 8.04. The van der Waals surface area contributed by atoms with Gasteiger partial charge in [-0.15, -0.1) is 0 Å². The van der Waals surface area contributed by atoms with E-state index >= 15 is 0 Å². The maximum absolute atomic E-state index is 12.3. The number of thioether (sulfide) groups is 1. The molecule has 0 saturated carbocycles. The van der Waals surface area contributed by atoms with Crippen molar-refractivity contribution in [3.05, 3.63) is 46.6 Å². The predicted molar refractivity (Wildman–Crippen MR) is 118 cm³/mol. The zero-order chi connectivity index (χ0) is 24.6. The van der Waals surface area contributed by atoms with Crippen LogP contribution in [0, 0.1) is 0 Å². The lowest BCUT2D eigenvalue weighted by molar-refractivity contribution is -0.311. The number of amides is 1. The summed E-state index contributed by atoms with van der Waals surface area (Å²) >= 11 is 1.18. The van der Waals surface area contributed by atoms with E-state index in [-0.39, 0.29) is 0 Å². The Bertz CT molecular complexity index is 1030. The van der Waals surface area contributed by atoms with Crippen LogP contribution in [0.15, 0.2) is 41.0 Å². The molecule has 1 fully saturated rings. The molecule has 1 aromatic carbocycles. The summed E-state index contributed by atoms with van der Waals surface area (Å²) in [4.78, 5) is 24.7. The van der Waals surface area contributed by atoms with E-state index in [4.69, 9.17) is 14.2 Å². The normalized spacial score (nSPS) is 31.8. The van der Waals surface area contributed by atoms with Crippen molar-refractivity contribution in [2.24, 2.45) is 0 Å². The fraction of sp³-hybridized carbons (Fsp3) is 0.455. The molecule has 184 valence electrons. The van der Waals surface area contributed by atoms with Crippen molar-refractivity contribution in [1.82, 2.24) is 5.32 Å². The molecule has 11 nitrogen and oxygen atoms in total. The van der Waals surface area contributed by atoms with Gasteiger partial charge in [-0.1, -0.05) is 30.0 Å². The number of nitrogens with one attached hydrogen (secondary N) is 1. The Morgan fingerprint density at radius 2 is 2.06 bits per heavy atom. The summed E-state index contributed by atoms with van der Waals surface area (Å²) in [6, 6.07) is 6.08. The highest BCUT2D eigenvalue weighted by atomic mass is 32.2. The molecule has 0 spiro atoms. The number of aliphatic hydroxyl groups is 4. The van der Waals surface area contributed by atoms with Gasteiger partial charge in [0, 0.05) is 18.9 Å². The van der Waals surface area contributed by atoms with Crippen molar-refractivity contribution in [1.29, 1.82) is 0 Å². The van der Waals surface area contributed by atoms with Gasteiger partial charge in [0.2, 0.25) is 5.91 Å². The number of carbonyl (C=O) groups is 2. The first-order valence-electron chi connectivity index (χ1n) is 10.5. The molecule has 7 atom stereocenters. The van der Waals surface area contributed by atoms with Gasteiger partial charge in [-0.3, -0.25) is 4.79 Å². The number of hydrogen-bond acceptors (Lipinski definition) is 10. The molecule has 3 aliphatic heterocycles. The maximum atomic E-state index is 12.3. The fourth-order valence-electron chi connectivity index (χ4n) is 4.06. The third kappa shape index (κ3) is 4.70. The first-order chi connectivity index (χ1) is 16.1. The minimum atomic E-state index is -2.43. The van der Waals surface area contributed by atoms with Crippen LogP contribution >= 0.6 is 11.8 Å². The van der Waals surface area contributed by atoms with Gasteiger partial charge < -0.3 is 45.1 Å². The van der Waals surface area contributed by atoms with Crippen LogP contribution < -0.4 is 10.1 Å². The van der Waals surface area contributed by atoms with Crippen LogP contribution in [0.1, 0.15) is 18.9 Å². The molecular formula is C22H25NO10S. The van der Waals surface area contributed by atoms with Crippen LogP contribution in [0.2, 0.25) is 0 Å². The zero-order valence-electron chi connectivity index (χ0n) is 18.0. The van der Waals surface area contributed by atoms with Crippen LogP contribution in [0.4, 0.5) is 0 Å². The van der Waals surface area contributed by atoms with Crippen LogP contribution in [0.3, 0.4) is 0 Å². The summed E-state index contributed by atoms with van der Waals surface area (Å²) in [5.74, 6) is -3.46. The van der Waals surface area contributed by atoms with Crippen LogP contribution in [0.5, 0.6) is 5.75 Å². The Balaban J connectivity index is 1.60. The van der Waals surface area contributed by atoms with Gasteiger partial charge in [0.25, 0.3) is 5.79 Å². The van der Waals surface area contributed by atoms with Crippen molar-refractivity contribution in [2.45, 2.75) is 55.0 Å². The monoisotopic (exact) mass is 495 g/mol. The first-order valence-corrected chi connectivity index (χ1v) is 11.4. The van der Waals surface area contributed by atoms with Crippen molar-refractivity contribution >= 4 is 29.7 Å². The molecule has 0 bridgehead atoms. The van der Waals surface area contributed by atoms with Crippen LogP contribution in [-0.2, 0) is 19.1 Å². The van der Waals surface area contributed by atoms with Crippen molar-refractivity contribution in [2.75, 3.05) is 6.61 Å². The summed E-state index contributed by atoms with van der Waals surface area (Å²) in [6.07, 6.45) is -3.81. The fourth-order valence-corrected chi connectivity index (χ4v) is 5.13. The number of carboxylic acid groups (broad SMARTS) is 1. The molecule has 3 aliphatic rings. The second-order valence-corrected chi connectivity index (χ2v) is 9.30. The summed E-state index contributed by atoms with van der Waals surface area (Å²) < 4.78 is 17.3. The van der Waals surface area contributed by atoms with E-state index in [0.717, 1.165) is 5.56 Å². The molecule has 0 aliphatic carbocycles. The average Bonchev–Trinajstić information content (AvgIpc) is 3.18. The highest BCUT2D eigenvalue weighted by Gasteiger charge is 2.57. The summed E-state index contributed by atoms with van der Waals surface area (Å²) in [6.45, 7) is 0.310. The second-order valence-electron chi connectivity index (χ2n) is 8.16. The molecule has 4 unspecified atom stereocenters. The summed E-state index contributed by atoms with van der Waals surface area (Å²) in [5.41, 5.74) is -0.0313. The number of hydrogen-bond donors (Lipinski definition) is 6. The van der Waals surface area contributed by atoms with Crippen molar-refractivity contribution < 1.29 is 49.3 Å². The molecule has 0 radical (unpaired) electrons. The van der Waals surface area contributed by atoms with Crippen molar-refractivity contribution in [3.63, 3.8) is 0 Å². The molecule has 1 aromatic rings. The summed E-state index contributed by atoms with van der Waals surface area (Å²) in [5, 5.41) is 52.8. The van der Waals surface area contributed by atoms with E-state index in [1.807, 2.05) is 24.3 Å². The molecule has 1 saturated heterocycles. The van der Waals surface area contributed by atoms with E-state index in [9.17, 15) is 35.1 Å². The second kappa shape index (κ2) is 9.66. The lowest BCUT2D eigenvalue weighted by Crippen LogP contribution is -2.68. The Morgan fingerprint density at radius 1 is 1.32 bits per heavy atom. The number of rotatable bonds is 7. The third-order valence-corrected chi connectivity index (χ3v) is 6.73. The number of ether oxygens (including phenoxy) is 3. The largest absolute Gasteiger partial charge is 0.477 e. The highest BCUT2D eigenvalue weighted by Crippen LogP contribution is 2.46. The van der Waals surface area contributed by atoms with E-state index in [2.05, 4.69) is 5.32 Å². The lowest BCUT2D eigenvalue weighted by Gasteiger charge is -2.46. The molecule has 6 N–H and O–H groups in total. The Kier molecular flexibility index (Phi) is 7.01. The van der Waals surface area contributed by atoms with E-state index < -0.39 is 66.6 Å². The Labute approximate surface area is 198 Å². The van der Waals surface area contributed by atoms with Gasteiger partial charge in [0.1, 0.15) is 35.3 Å². The van der Waals surface area contributed by atoms with Crippen LogP contribution in [-0.4, -0.2) is 85.7 Å². The van der Waals surface area contributed by atoms with E-state index in [0.29, 0.717) is 16.4 Å². The number of para-hydroxylation sites is 1. The van der Waals surface area contributed by atoms with Gasteiger partial charge >= 0.3 is 5.97 Å². The minimum Gasteiger partial charge on any atom is -0.477 e. The Hall–Kier alpha value is -2.45. The molecule has 1 amide bonds. The van der Waals surface area contributed by atoms with Gasteiger partial charge in [-0.05, 0) is 18.2 Å². The first kappa shape index (κ1) is 24.7. The van der Waals surface area contributed by atoms with E-state index in [1.165, 1.54) is 18.7 Å². The van der Waals surface area contributed by atoms with Gasteiger partial charge in [0.15, 0.2) is 0 Å². The number of carboxylic acids is 1. The quantitative estimate of drug-likeness (QED) is 0.289. The standard InChI is InChI=1S/C22H25NO10S/c1-10(25)23-18-12(26)8-22(21(29)30,33-20(18)19(28)13(27)9-24)32-17-7-15-16(34-17)6-11-4-2-3-5-14(11)31-15/h2-7,12-13,17-20,24,26-28H,8-9H2,1H3,(H,23,25)(H,29,30)/t12-,13?,17?,18+,19?,20+,22?/m0/s1. The van der Waals surface area contributed by atoms with Gasteiger partial charge in [-0.2, -0.15) is 0 Å². The molecule has 34 heavy (non-hydrogen) atoms. The summed E-state index contributed by atoms with van der Waals surface area (Å²) in [7, 11) is 0. The molecule has 4 rings (SSSR count). The number of benzene rings is 1. The average molecular weight is 496 g/mol. The SMILES string of the molecule is CC(=O)N[C@@H]1[C@@H](O)CC(OC2C=C3Oc4ccccc4C=C3S2)(C(=O)O)O[C@H]1C(O)C(O)CO. The molecular weight excluding hydrogens is 470 g/mol. The van der Waals surface area contributed by atoms with Crippen LogP contribution in [0.25, 0.3) is 6.08 Å². The minimum absolute atomic E-state index is 0.481. The lowest BCUT2D eigenvalue weighted by atomic mass is 9.88. The smallest absolute Gasteiger partial charge is 0.364 e. The zero-order valence-corrected chi connectivity index (χ0v) is 18.8. The number of aliphatic hydroxyl groups excluding tert-OH is 4. The topological polar surface area (TPSA) is 175 Å². The number of aliphatic carboxylic acids is 1.